The fraction of sp³-hybridized carbons (Fsp3) is 0.318. The number of rotatable bonds is 6. The summed E-state index contributed by atoms with van der Waals surface area (Å²) in [4.78, 5) is 39.5. The first-order chi connectivity index (χ1) is 15.1. The number of benzene rings is 1. The predicted molar refractivity (Wildman–Crippen MR) is 121 cm³/mol. The number of anilines is 2. The summed E-state index contributed by atoms with van der Waals surface area (Å²) in [6.45, 7) is 1.51. The van der Waals surface area contributed by atoms with Crippen LogP contribution in [0.5, 0.6) is 0 Å². The van der Waals surface area contributed by atoms with Gasteiger partial charge in [-0.15, -0.1) is 11.3 Å². The average molecular weight is 437 g/mol. The van der Waals surface area contributed by atoms with Gasteiger partial charge in [-0.3, -0.25) is 9.59 Å². The fourth-order valence-corrected chi connectivity index (χ4v) is 4.28. The standard InChI is InChI=1S/C22H24N6O2S/c1-23-20(29)11-17-13-31-22(26-17)27-21(30)16-7-9-28(10-8-16)19-12-18(24-14-25-19)15-5-3-2-4-6-15/h2-6,12-14,16H,7-11H2,1H3,(H,23,29)(H,26,27,30). The summed E-state index contributed by atoms with van der Waals surface area (Å²) in [7, 11) is 1.59. The van der Waals surface area contributed by atoms with E-state index in [1.807, 2.05) is 36.4 Å². The van der Waals surface area contributed by atoms with E-state index < -0.39 is 0 Å². The van der Waals surface area contributed by atoms with Gasteiger partial charge in [0.15, 0.2) is 5.13 Å². The number of hydrogen-bond donors (Lipinski definition) is 2. The number of piperidine rings is 1. The highest BCUT2D eigenvalue weighted by molar-refractivity contribution is 7.13. The van der Waals surface area contributed by atoms with Crippen LogP contribution in [0.2, 0.25) is 0 Å². The van der Waals surface area contributed by atoms with Crippen molar-refractivity contribution in [3.8, 4) is 11.3 Å². The second-order valence-corrected chi connectivity index (χ2v) is 8.23. The summed E-state index contributed by atoms with van der Waals surface area (Å²) >= 11 is 1.34. The van der Waals surface area contributed by atoms with Gasteiger partial charge in [-0.05, 0) is 12.8 Å². The molecule has 9 heteroatoms. The maximum absolute atomic E-state index is 12.7. The van der Waals surface area contributed by atoms with E-state index in [9.17, 15) is 9.59 Å². The van der Waals surface area contributed by atoms with Gasteiger partial charge >= 0.3 is 0 Å². The Morgan fingerprint density at radius 2 is 1.94 bits per heavy atom. The first-order valence-electron chi connectivity index (χ1n) is 10.2. The van der Waals surface area contributed by atoms with Crippen LogP contribution in [-0.2, 0) is 16.0 Å². The number of nitrogens with zero attached hydrogens (tertiary/aromatic N) is 4. The molecule has 4 rings (SSSR count). The van der Waals surface area contributed by atoms with Crippen LogP contribution < -0.4 is 15.5 Å². The number of likely N-dealkylation sites (N-methyl/N-ethyl adjacent to an activating group) is 1. The van der Waals surface area contributed by atoms with Crippen molar-refractivity contribution in [2.45, 2.75) is 19.3 Å². The van der Waals surface area contributed by atoms with Crippen molar-refractivity contribution in [2.24, 2.45) is 5.92 Å². The van der Waals surface area contributed by atoms with Crippen LogP contribution in [0, 0.1) is 5.92 Å². The van der Waals surface area contributed by atoms with Gasteiger partial charge in [0, 0.05) is 43.1 Å². The van der Waals surface area contributed by atoms with Crippen LogP contribution in [0.25, 0.3) is 11.3 Å². The Labute approximate surface area is 184 Å². The summed E-state index contributed by atoms with van der Waals surface area (Å²) in [5.41, 5.74) is 2.61. The molecular weight excluding hydrogens is 412 g/mol. The minimum Gasteiger partial charge on any atom is -0.359 e. The lowest BCUT2D eigenvalue weighted by Crippen LogP contribution is -2.38. The Morgan fingerprint density at radius 1 is 1.16 bits per heavy atom. The Hall–Kier alpha value is -3.33. The molecule has 160 valence electrons. The van der Waals surface area contributed by atoms with Crippen LogP contribution in [0.4, 0.5) is 10.9 Å². The fourth-order valence-electron chi connectivity index (χ4n) is 3.56. The van der Waals surface area contributed by atoms with E-state index in [0.29, 0.717) is 10.8 Å². The zero-order valence-electron chi connectivity index (χ0n) is 17.2. The average Bonchev–Trinajstić information content (AvgIpc) is 3.26. The molecule has 8 nitrogen and oxygen atoms in total. The van der Waals surface area contributed by atoms with Crippen LogP contribution >= 0.6 is 11.3 Å². The molecule has 0 radical (unpaired) electrons. The summed E-state index contributed by atoms with van der Waals surface area (Å²) < 4.78 is 0. The molecule has 1 fully saturated rings. The second kappa shape index (κ2) is 9.65. The maximum Gasteiger partial charge on any atom is 0.229 e. The third-order valence-electron chi connectivity index (χ3n) is 5.31. The molecule has 0 aliphatic carbocycles. The molecule has 31 heavy (non-hydrogen) atoms. The first kappa shape index (κ1) is 20.9. The highest BCUT2D eigenvalue weighted by Crippen LogP contribution is 2.26. The molecule has 0 spiro atoms. The smallest absolute Gasteiger partial charge is 0.229 e. The highest BCUT2D eigenvalue weighted by Gasteiger charge is 2.26. The van der Waals surface area contributed by atoms with Crippen LogP contribution in [-0.4, -0.2) is 46.9 Å². The van der Waals surface area contributed by atoms with Gasteiger partial charge < -0.3 is 15.5 Å². The Kier molecular flexibility index (Phi) is 6.51. The number of hydrogen-bond acceptors (Lipinski definition) is 7. The van der Waals surface area contributed by atoms with E-state index in [0.717, 1.165) is 43.0 Å². The molecule has 0 atom stereocenters. The molecule has 2 amide bonds. The van der Waals surface area contributed by atoms with Crippen molar-refractivity contribution in [3.63, 3.8) is 0 Å². The van der Waals surface area contributed by atoms with Crippen LogP contribution in [0.1, 0.15) is 18.5 Å². The minimum atomic E-state index is -0.101. The monoisotopic (exact) mass is 436 g/mol. The molecule has 2 N–H and O–H groups in total. The highest BCUT2D eigenvalue weighted by atomic mass is 32.1. The summed E-state index contributed by atoms with van der Waals surface area (Å²) in [5.74, 6) is 0.688. The van der Waals surface area contributed by atoms with Gasteiger partial charge in [0.2, 0.25) is 11.8 Å². The maximum atomic E-state index is 12.7. The number of thiazole rings is 1. The summed E-state index contributed by atoms with van der Waals surface area (Å²) in [5, 5.41) is 7.81. The van der Waals surface area contributed by atoms with Crippen molar-refractivity contribution < 1.29 is 9.59 Å². The van der Waals surface area contributed by atoms with E-state index in [1.54, 1.807) is 18.8 Å². The third-order valence-corrected chi connectivity index (χ3v) is 6.12. The lowest BCUT2D eigenvalue weighted by Gasteiger charge is -2.32. The number of nitrogens with one attached hydrogen (secondary N) is 2. The molecule has 2 aromatic heterocycles. The molecule has 1 saturated heterocycles. The zero-order chi connectivity index (χ0) is 21.6. The molecule has 0 unspecified atom stereocenters. The molecule has 1 aliphatic rings. The molecule has 0 bridgehead atoms. The number of amides is 2. The number of carbonyl (C=O) groups is 2. The van der Waals surface area contributed by atoms with Crippen molar-refractivity contribution >= 4 is 34.1 Å². The lowest BCUT2D eigenvalue weighted by molar-refractivity contribution is -0.121. The van der Waals surface area contributed by atoms with Gasteiger partial charge in [0.1, 0.15) is 12.1 Å². The van der Waals surface area contributed by atoms with E-state index >= 15 is 0 Å². The van der Waals surface area contributed by atoms with Gasteiger partial charge in [-0.25, -0.2) is 15.0 Å². The minimum absolute atomic E-state index is 0.0202. The Bertz CT molecular complexity index is 1050. The topological polar surface area (TPSA) is 100 Å². The van der Waals surface area contributed by atoms with Crippen molar-refractivity contribution in [1.29, 1.82) is 0 Å². The first-order valence-corrected chi connectivity index (χ1v) is 11.1. The zero-order valence-corrected chi connectivity index (χ0v) is 18.1. The second-order valence-electron chi connectivity index (χ2n) is 7.37. The molecule has 1 aromatic carbocycles. The molecule has 3 heterocycles. The van der Waals surface area contributed by atoms with Gasteiger partial charge in [0.25, 0.3) is 0 Å². The quantitative estimate of drug-likeness (QED) is 0.616. The van der Waals surface area contributed by atoms with Crippen molar-refractivity contribution in [3.05, 3.63) is 53.8 Å². The Morgan fingerprint density at radius 3 is 2.68 bits per heavy atom. The normalized spacial score (nSPS) is 14.3. The van der Waals surface area contributed by atoms with Crippen molar-refractivity contribution in [1.82, 2.24) is 20.3 Å². The number of aromatic nitrogens is 3. The van der Waals surface area contributed by atoms with E-state index in [1.165, 1.54) is 11.3 Å². The third kappa shape index (κ3) is 5.24. The SMILES string of the molecule is CNC(=O)Cc1csc(NC(=O)C2CCN(c3cc(-c4ccccc4)ncn3)CC2)n1. The van der Waals surface area contributed by atoms with Crippen molar-refractivity contribution in [2.75, 3.05) is 30.4 Å². The van der Waals surface area contributed by atoms with Gasteiger partial charge in [-0.2, -0.15) is 0 Å². The van der Waals surface area contributed by atoms with Crippen LogP contribution in [0.15, 0.2) is 48.1 Å². The largest absolute Gasteiger partial charge is 0.359 e. The predicted octanol–water partition coefficient (Wildman–Crippen LogP) is 2.74. The Balaban J connectivity index is 1.33. The summed E-state index contributed by atoms with van der Waals surface area (Å²) in [6.07, 6.45) is 3.29. The molecule has 3 aromatic rings. The van der Waals surface area contributed by atoms with Gasteiger partial charge in [-0.1, -0.05) is 30.3 Å². The molecular formula is C22H24N6O2S. The number of carbonyl (C=O) groups excluding carboxylic acids is 2. The molecule has 1 aliphatic heterocycles. The lowest BCUT2D eigenvalue weighted by atomic mass is 9.96. The molecule has 0 saturated carbocycles. The summed E-state index contributed by atoms with van der Waals surface area (Å²) in [6, 6.07) is 12.0. The van der Waals surface area contributed by atoms with E-state index in [4.69, 9.17) is 0 Å². The van der Waals surface area contributed by atoms with Crippen LogP contribution in [0.3, 0.4) is 0 Å². The van der Waals surface area contributed by atoms with E-state index in [-0.39, 0.29) is 24.2 Å². The van der Waals surface area contributed by atoms with Gasteiger partial charge in [0.05, 0.1) is 17.8 Å². The van der Waals surface area contributed by atoms with E-state index in [2.05, 4.69) is 30.5 Å².